The first-order valence-electron chi connectivity index (χ1n) is 6.73. The van der Waals surface area contributed by atoms with Gasteiger partial charge in [-0.1, -0.05) is 30.3 Å². The van der Waals surface area contributed by atoms with E-state index in [0.717, 1.165) is 22.6 Å². The van der Waals surface area contributed by atoms with Gasteiger partial charge in [-0.05, 0) is 37.6 Å². The summed E-state index contributed by atoms with van der Waals surface area (Å²) in [4.78, 5) is 0. The van der Waals surface area contributed by atoms with Crippen molar-refractivity contribution in [1.82, 2.24) is 0 Å². The maximum Gasteiger partial charge on any atom is 0.142 e. The van der Waals surface area contributed by atoms with Crippen LogP contribution in [0.3, 0.4) is 0 Å². The molecule has 2 aromatic carbocycles. The van der Waals surface area contributed by atoms with Gasteiger partial charge < -0.3 is 15.2 Å². The molecule has 2 atom stereocenters. The fraction of sp³-hybridized carbons (Fsp3) is 0.294. The maximum atomic E-state index is 6.10. The van der Waals surface area contributed by atoms with E-state index >= 15 is 0 Å². The molecule has 2 aromatic rings. The fourth-order valence-corrected chi connectivity index (χ4v) is 2.19. The third-order valence-electron chi connectivity index (χ3n) is 3.18. The molecule has 0 saturated heterocycles. The SMILES string of the molecule is COc1ccccc1C(Oc1cccc(C)c1)C(C)N. The van der Waals surface area contributed by atoms with Crippen molar-refractivity contribution in [3.63, 3.8) is 0 Å². The Labute approximate surface area is 120 Å². The van der Waals surface area contributed by atoms with E-state index in [1.165, 1.54) is 0 Å². The Hall–Kier alpha value is -2.00. The molecule has 3 heteroatoms. The lowest BCUT2D eigenvalue weighted by molar-refractivity contribution is 0.176. The first kappa shape index (κ1) is 14.4. The number of hydrogen-bond donors (Lipinski definition) is 1. The van der Waals surface area contributed by atoms with Crippen LogP contribution >= 0.6 is 0 Å². The molecule has 0 heterocycles. The van der Waals surface area contributed by atoms with Crippen LogP contribution in [0.1, 0.15) is 24.2 Å². The van der Waals surface area contributed by atoms with E-state index in [4.69, 9.17) is 15.2 Å². The average molecular weight is 271 g/mol. The molecule has 0 fully saturated rings. The van der Waals surface area contributed by atoms with E-state index in [0.29, 0.717) is 0 Å². The molecular weight excluding hydrogens is 250 g/mol. The number of hydrogen-bond acceptors (Lipinski definition) is 3. The van der Waals surface area contributed by atoms with Crippen molar-refractivity contribution in [1.29, 1.82) is 0 Å². The van der Waals surface area contributed by atoms with Crippen LogP contribution < -0.4 is 15.2 Å². The predicted octanol–water partition coefficient (Wildman–Crippen LogP) is 3.47. The molecule has 0 bridgehead atoms. The second kappa shape index (κ2) is 6.44. The highest BCUT2D eigenvalue weighted by Gasteiger charge is 2.21. The van der Waals surface area contributed by atoms with Crippen LogP contribution in [0.4, 0.5) is 0 Å². The highest BCUT2D eigenvalue weighted by atomic mass is 16.5. The molecule has 3 nitrogen and oxygen atoms in total. The third-order valence-corrected chi connectivity index (χ3v) is 3.18. The molecule has 2 unspecified atom stereocenters. The van der Waals surface area contributed by atoms with Gasteiger partial charge in [0.15, 0.2) is 0 Å². The Morgan fingerprint density at radius 1 is 1.05 bits per heavy atom. The molecule has 0 aliphatic carbocycles. The zero-order valence-corrected chi connectivity index (χ0v) is 12.2. The summed E-state index contributed by atoms with van der Waals surface area (Å²) in [6.07, 6.45) is -0.243. The van der Waals surface area contributed by atoms with Crippen molar-refractivity contribution in [2.24, 2.45) is 5.73 Å². The summed E-state index contributed by atoms with van der Waals surface area (Å²) in [5.41, 5.74) is 8.22. The van der Waals surface area contributed by atoms with Gasteiger partial charge >= 0.3 is 0 Å². The molecule has 0 amide bonds. The van der Waals surface area contributed by atoms with Crippen LogP contribution in [0.15, 0.2) is 48.5 Å². The quantitative estimate of drug-likeness (QED) is 0.905. The molecule has 2 rings (SSSR count). The van der Waals surface area contributed by atoms with Crippen molar-refractivity contribution in [3.05, 3.63) is 59.7 Å². The van der Waals surface area contributed by atoms with Gasteiger partial charge in [-0.15, -0.1) is 0 Å². The van der Waals surface area contributed by atoms with Gasteiger partial charge in [0, 0.05) is 11.6 Å². The normalized spacial score (nSPS) is 13.6. The molecule has 0 aliphatic rings. The molecule has 0 aromatic heterocycles. The minimum Gasteiger partial charge on any atom is -0.496 e. The van der Waals surface area contributed by atoms with Gasteiger partial charge in [0.25, 0.3) is 0 Å². The zero-order chi connectivity index (χ0) is 14.5. The van der Waals surface area contributed by atoms with Crippen molar-refractivity contribution >= 4 is 0 Å². The lowest BCUT2D eigenvalue weighted by atomic mass is 10.0. The Bertz CT molecular complexity index is 566. The Morgan fingerprint density at radius 3 is 2.45 bits per heavy atom. The zero-order valence-electron chi connectivity index (χ0n) is 12.2. The molecular formula is C17H21NO2. The highest BCUT2D eigenvalue weighted by molar-refractivity contribution is 5.37. The van der Waals surface area contributed by atoms with Gasteiger partial charge in [-0.25, -0.2) is 0 Å². The topological polar surface area (TPSA) is 44.5 Å². The minimum atomic E-state index is -0.243. The van der Waals surface area contributed by atoms with Gasteiger partial charge in [0.1, 0.15) is 17.6 Å². The number of methoxy groups -OCH3 is 1. The molecule has 0 spiro atoms. The molecule has 0 radical (unpaired) electrons. The van der Waals surface area contributed by atoms with E-state index in [9.17, 15) is 0 Å². The van der Waals surface area contributed by atoms with E-state index in [1.54, 1.807) is 7.11 Å². The van der Waals surface area contributed by atoms with Crippen LogP contribution in [0.2, 0.25) is 0 Å². The summed E-state index contributed by atoms with van der Waals surface area (Å²) >= 11 is 0. The standard InChI is InChI=1S/C17H21NO2/c1-12-7-6-8-14(11-12)20-17(13(2)18)15-9-4-5-10-16(15)19-3/h4-11,13,17H,18H2,1-3H3. The highest BCUT2D eigenvalue weighted by Crippen LogP contribution is 2.31. The lowest BCUT2D eigenvalue weighted by Crippen LogP contribution is -2.29. The van der Waals surface area contributed by atoms with Crippen molar-refractivity contribution in [2.45, 2.75) is 26.0 Å². The Morgan fingerprint density at radius 2 is 1.80 bits per heavy atom. The minimum absolute atomic E-state index is 0.146. The second-order valence-corrected chi connectivity index (χ2v) is 4.96. The third kappa shape index (κ3) is 3.31. The summed E-state index contributed by atoms with van der Waals surface area (Å²) in [5, 5.41) is 0. The number of benzene rings is 2. The Balaban J connectivity index is 2.32. The first-order valence-corrected chi connectivity index (χ1v) is 6.73. The van der Waals surface area contributed by atoms with Gasteiger partial charge in [-0.2, -0.15) is 0 Å². The van der Waals surface area contributed by atoms with Crippen LogP contribution in [0, 0.1) is 6.92 Å². The Kier molecular flexibility index (Phi) is 4.64. The average Bonchev–Trinajstić information content (AvgIpc) is 2.44. The summed E-state index contributed by atoms with van der Waals surface area (Å²) < 4.78 is 11.5. The maximum absolute atomic E-state index is 6.10. The van der Waals surface area contributed by atoms with Gasteiger partial charge in [0.2, 0.25) is 0 Å². The molecule has 106 valence electrons. The van der Waals surface area contributed by atoms with E-state index in [-0.39, 0.29) is 12.1 Å². The number of nitrogens with two attached hydrogens (primary N) is 1. The fourth-order valence-electron chi connectivity index (χ4n) is 2.19. The number of para-hydroxylation sites is 1. The van der Waals surface area contributed by atoms with Gasteiger partial charge in [0.05, 0.1) is 7.11 Å². The smallest absolute Gasteiger partial charge is 0.142 e. The van der Waals surface area contributed by atoms with E-state index in [1.807, 2.05) is 62.4 Å². The van der Waals surface area contributed by atoms with Gasteiger partial charge in [-0.3, -0.25) is 0 Å². The van der Waals surface area contributed by atoms with Crippen LogP contribution in [-0.4, -0.2) is 13.2 Å². The van der Waals surface area contributed by atoms with Crippen LogP contribution in [0.5, 0.6) is 11.5 Å². The summed E-state index contributed by atoms with van der Waals surface area (Å²) in [6.45, 7) is 3.98. The van der Waals surface area contributed by atoms with Crippen molar-refractivity contribution in [3.8, 4) is 11.5 Å². The molecule has 0 saturated carbocycles. The van der Waals surface area contributed by atoms with Crippen molar-refractivity contribution < 1.29 is 9.47 Å². The number of rotatable bonds is 5. The predicted molar refractivity (Wildman–Crippen MR) is 81.2 cm³/mol. The van der Waals surface area contributed by atoms with Crippen LogP contribution in [0.25, 0.3) is 0 Å². The van der Waals surface area contributed by atoms with Crippen LogP contribution in [-0.2, 0) is 0 Å². The van der Waals surface area contributed by atoms with E-state index < -0.39 is 0 Å². The molecule has 2 N–H and O–H groups in total. The monoisotopic (exact) mass is 271 g/mol. The summed E-state index contributed by atoms with van der Waals surface area (Å²) in [5.74, 6) is 1.61. The first-order chi connectivity index (χ1) is 9.61. The summed E-state index contributed by atoms with van der Waals surface area (Å²) in [6, 6.07) is 15.6. The van der Waals surface area contributed by atoms with Crippen molar-refractivity contribution in [2.75, 3.05) is 7.11 Å². The number of ether oxygens (including phenoxy) is 2. The summed E-state index contributed by atoms with van der Waals surface area (Å²) in [7, 11) is 1.66. The molecule has 20 heavy (non-hydrogen) atoms. The van der Waals surface area contributed by atoms with E-state index in [2.05, 4.69) is 0 Å². The number of aryl methyl sites for hydroxylation is 1. The molecule has 0 aliphatic heterocycles. The largest absolute Gasteiger partial charge is 0.496 e. The second-order valence-electron chi connectivity index (χ2n) is 4.96. The lowest BCUT2D eigenvalue weighted by Gasteiger charge is -2.24.